The van der Waals surface area contributed by atoms with Crippen molar-refractivity contribution in [3.8, 4) is 6.07 Å². The Morgan fingerprint density at radius 3 is 2.72 bits per heavy atom. The molecule has 4 heteroatoms. The first kappa shape index (κ1) is 12.9. The van der Waals surface area contributed by atoms with Crippen LogP contribution in [0.4, 0.5) is 5.69 Å². The van der Waals surface area contributed by atoms with Crippen molar-refractivity contribution in [3.05, 3.63) is 29.8 Å². The predicted octanol–water partition coefficient (Wildman–Crippen LogP) is 1.54. The van der Waals surface area contributed by atoms with Gasteiger partial charge in [0.15, 0.2) is 0 Å². The number of nitriles is 1. The summed E-state index contributed by atoms with van der Waals surface area (Å²) < 4.78 is 5.53. The summed E-state index contributed by atoms with van der Waals surface area (Å²) in [5.74, 6) is 0. The summed E-state index contributed by atoms with van der Waals surface area (Å²) in [7, 11) is 0. The third-order valence-corrected chi connectivity index (χ3v) is 3.25. The Morgan fingerprint density at radius 2 is 2.06 bits per heavy atom. The molecule has 0 aromatic heterocycles. The van der Waals surface area contributed by atoms with Crippen molar-refractivity contribution in [2.24, 2.45) is 0 Å². The first-order valence-corrected chi connectivity index (χ1v) is 6.31. The number of hydrogen-bond donors (Lipinski definition) is 1. The van der Waals surface area contributed by atoms with Crippen LogP contribution >= 0.6 is 0 Å². The van der Waals surface area contributed by atoms with Gasteiger partial charge in [0.25, 0.3) is 0 Å². The lowest BCUT2D eigenvalue weighted by atomic mass is 10.1. The van der Waals surface area contributed by atoms with E-state index in [0.717, 1.165) is 37.2 Å². The summed E-state index contributed by atoms with van der Waals surface area (Å²) in [4.78, 5) is 2.23. The van der Waals surface area contributed by atoms with Crippen LogP contribution in [0.1, 0.15) is 18.4 Å². The van der Waals surface area contributed by atoms with Crippen molar-refractivity contribution in [1.82, 2.24) is 0 Å². The largest absolute Gasteiger partial charge is 0.394 e. The van der Waals surface area contributed by atoms with E-state index in [9.17, 15) is 0 Å². The summed E-state index contributed by atoms with van der Waals surface area (Å²) in [6.07, 6.45) is 2.13. The van der Waals surface area contributed by atoms with Crippen LogP contribution in [0.2, 0.25) is 0 Å². The number of anilines is 1. The molecule has 0 unspecified atom stereocenters. The van der Waals surface area contributed by atoms with Crippen LogP contribution in [0.15, 0.2) is 24.3 Å². The molecular formula is C14H18N2O2. The molecule has 1 N–H and O–H groups in total. The number of rotatable bonds is 4. The molecular weight excluding hydrogens is 228 g/mol. The molecule has 1 fully saturated rings. The second kappa shape index (κ2) is 6.39. The fourth-order valence-electron chi connectivity index (χ4n) is 2.33. The zero-order chi connectivity index (χ0) is 12.8. The Hall–Kier alpha value is -1.57. The number of para-hydroxylation sites is 1. The van der Waals surface area contributed by atoms with Gasteiger partial charge in [0.2, 0.25) is 0 Å². The molecule has 96 valence electrons. The van der Waals surface area contributed by atoms with Crippen molar-refractivity contribution in [1.29, 1.82) is 5.26 Å². The van der Waals surface area contributed by atoms with Gasteiger partial charge in [-0.15, -0.1) is 0 Å². The maximum Gasteiger partial charge on any atom is 0.101 e. The molecule has 1 saturated heterocycles. The third-order valence-electron chi connectivity index (χ3n) is 3.25. The van der Waals surface area contributed by atoms with Crippen LogP contribution in [0.5, 0.6) is 0 Å². The number of piperidine rings is 1. The molecule has 1 aromatic carbocycles. The maximum absolute atomic E-state index is 9.09. The van der Waals surface area contributed by atoms with Crippen molar-refractivity contribution in [2.75, 3.05) is 31.2 Å². The summed E-state index contributed by atoms with van der Waals surface area (Å²) in [5.41, 5.74) is 1.74. The molecule has 1 aliphatic heterocycles. The van der Waals surface area contributed by atoms with Gasteiger partial charge in [-0.2, -0.15) is 5.26 Å². The second-order valence-corrected chi connectivity index (χ2v) is 4.41. The van der Waals surface area contributed by atoms with Gasteiger partial charge in [-0.05, 0) is 25.0 Å². The molecule has 0 amide bonds. The molecule has 1 aliphatic rings. The van der Waals surface area contributed by atoms with E-state index in [2.05, 4.69) is 11.0 Å². The van der Waals surface area contributed by atoms with E-state index in [0.29, 0.717) is 6.61 Å². The number of aliphatic hydroxyl groups is 1. The zero-order valence-electron chi connectivity index (χ0n) is 10.4. The van der Waals surface area contributed by atoms with Crippen LogP contribution in [0.25, 0.3) is 0 Å². The Morgan fingerprint density at radius 1 is 1.33 bits per heavy atom. The minimum Gasteiger partial charge on any atom is -0.394 e. The number of aliphatic hydroxyl groups excluding tert-OH is 1. The van der Waals surface area contributed by atoms with E-state index in [-0.39, 0.29) is 12.7 Å². The fourth-order valence-corrected chi connectivity index (χ4v) is 2.33. The highest BCUT2D eigenvalue weighted by Gasteiger charge is 2.21. The lowest BCUT2D eigenvalue weighted by Crippen LogP contribution is -2.37. The normalized spacial score (nSPS) is 16.6. The average Bonchev–Trinajstić information content (AvgIpc) is 2.45. The monoisotopic (exact) mass is 246 g/mol. The average molecular weight is 246 g/mol. The summed E-state index contributed by atoms with van der Waals surface area (Å²) in [6.45, 7) is 2.29. The van der Waals surface area contributed by atoms with E-state index in [4.69, 9.17) is 15.1 Å². The van der Waals surface area contributed by atoms with E-state index in [1.165, 1.54) is 0 Å². The lowest BCUT2D eigenvalue weighted by Gasteiger charge is -2.33. The Kier molecular flexibility index (Phi) is 4.57. The molecule has 1 heterocycles. The Labute approximate surface area is 107 Å². The molecule has 0 radical (unpaired) electrons. The number of ether oxygens (including phenoxy) is 1. The van der Waals surface area contributed by atoms with Gasteiger partial charge in [0, 0.05) is 13.1 Å². The highest BCUT2D eigenvalue weighted by molar-refractivity contribution is 5.59. The minimum absolute atomic E-state index is 0.0808. The molecule has 1 aromatic rings. The fraction of sp³-hybridized carbons (Fsp3) is 0.500. The van der Waals surface area contributed by atoms with E-state index >= 15 is 0 Å². The van der Waals surface area contributed by atoms with Gasteiger partial charge in [0.1, 0.15) is 6.07 Å². The van der Waals surface area contributed by atoms with E-state index in [1.807, 2.05) is 24.3 Å². The molecule has 2 rings (SSSR count). The zero-order valence-corrected chi connectivity index (χ0v) is 10.4. The highest BCUT2D eigenvalue weighted by Crippen LogP contribution is 2.24. The van der Waals surface area contributed by atoms with Crippen molar-refractivity contribution in [2.45, 2.75) is 18.9 Å². The van der Waals surface area contributed by atoms with Crippen LogP contribution in [0, 0.1) is 11.3 Å². The van der Waals surface area contributed by atoms with Crippen LogP contribution < -0.4 is 4.90 Å². The smallest absolute Gasteiger partial charge is 0.101 e. The lowest BCUT2D eigenvalue weighted by molar-refractivity contribution is 0.0159. The van der Waals surface area contributed by atoms with Gasteiger partial charge in [-0.1, -0.05) is 12.1 Å². The molecule has 0 atom stereocenters. The SMILES string of the molecule is N#Cc1ccccc1N1CCC(OCCO)CC1. The van der Waals surface area contributed by atoms with Crippen LogP contribution in [-0.4, -0.2) is 37.5 Å². The minimum atomic E-state index is 0.0808. The quantitative estimate of drug-likeness (QED) is 0.875. The van der Waals surface area contributed by atoms with E-state index in [1.54, 1.807) is 0 Å². The van der Waals surface area contributed by atoms with Gasteiger partial charge >= 0.3 is 0 Å². The first-order chi connectivity index (χ1) is 8.85. The molecule has 0 bridgehead atoms. The van der Waals surface area contributed by atoms with E-state index < -0.39 is 0 Å². The van der Waals surface area contributed by atoms with Gasteiger partial charge in [0.05, 0.1) is 30.6 Å². The number of hydrogen-bond acceptors (Lipinski definition) is 4. The second-order valence-electron chi connectivity index (χ2n) is 4.41. The van der Waals surface area contributed by atoms with Crippen molar-refractivity contribution < 1.29 is 9.84 Å². The topological polar surface area (TPSA) is 56.5 Å². The van der Waals surface area contributed by atoms with Gasteiger partial charge < -0.3 is 14.7 Å². The van der Waals surface area contributed by atoms with Crippen molar-refractivity contribution in [3.63, 3.8) is 0 Å². The summed E-state index contributed by atoms with van der Waals surface area (Å²) >= 11 is 0. The molecule has 0 aliphatic carbocycles. The van der Waals surface area contributed by atoms with Crippen LogP contribution in [-0.2, 0) is 4.74 Å². The third kappa shape index (κ3) is 3.00. The molecule has 4 nitrogen and oxygen atoms in total. The first-order valence-electron chi connectivity index (χ1n) is 6.31. The van der Waals surface area contributed by atoms with Crippen LogP contribution in [0.3, 0.4) is 0 Å². The maximum atomic E-state index is 9.09. The summed E-state index contributed by atoms with van der Waals surface area (Å²) in [6, 6.07) is 9.93. The molecule has 18 heavy (non-hydrogen) atoms. The number of nitrogens with zero attached hydrogens (tertiary/aromatic N) is 2. The highest BCUT2D eigenvalue weighted by atomic mass is 16.5. The standard InChI is InChI=1S/C14H18N2O2/c15-11-12-3-1-2-4-14(12)16-7-5-13(6-8-16)18-10-9-17/h1-4,13,17H,5-10H2. The van der Waals surface area contributed by atoms with Crippen molar-refractivity contribution >= 4 is 5.69 Å². The number of benzene rings is 1. The van der Waals surface area contributed by atoms with Gasteiger partial charge in [-0.25, -0.2) is 0 Å². The Balaban J connectivity index is 1.95. The molecule has 0 saturated carbocycles. The summed E-state index contributed by atoms with van der Waals surface area (Å²) in [5, 5.41) is 17.8. The molecule has 0 spiro atoms. The van der Waals surface area contributed by atoms with Gasteiger partial charge in [-0.3, -0.25) is 0 Å². The predicted molar refractivity (Wildman–Crippen MR) is 69.4 cm³/mol. The Bertz CT molecular complexity index is 420.